The molecular formula is C22H22Cl2N6O2. The number of imidazole rings is 1. The number of benzene rings is 1. The predicted octanol–water partition coefficient (Wildman–Crippen LogP) is 3.17. The molecule has 0 saturated heterocycles. The Kier molecular flexibility index (Phi) is 5.22. The molecule has 8 nitrogen and oxygen atoms in total. The van der Waals surface area contributed by atoms with Crippen LogP contribution in [0.2, 0.25) is 10.0 Å². The van der Waals surface area contributed by atoms with Crippen molar-refractivity contribution in [2.24, 2.45) is 7.05 Å². The van der Waals surface area contributed by atoms with Crippen molar-refractivity contribution in [2.75, 3.05) is 6.54 Å². The molecule has 0 N–H and O–H groups in total. The zero-order valence-corrected chi connectivity index (χ0v) is 19.3. The van der Waals surface area contributed by atoms with Crippen LogP contribution in [0, 0.1) is 0 Å². The van der Waals surface area contributed by atoms with Gasteiger partial charge in [0.2, 0.25) is 0 Å². The molecule has 0 unspecified atom stereocenters. The molecule has 3 aromatic rings. The van der Waals surface area contributed by atoms with E-state index >= 15 is 0 Å². The Morgan fingerprint density at radius 1 is 1.22 bits per heavy atom. The first-order valence-electron chi connectivity index (χ1n) is 10.4. The molecule has 166 valence electrons. The van der Waals surface area contributed by atoms with Crippen LogP contribution in [0.4, 0.5) is 0 Å². The second-order valence-electron chi connectivity index (χ2n) is 8.29. The van der Waals surface area contributed by atoms with Gasteiger partial charge in [-0.25, -0.2) is 4.98 Å². The third kappa shape index (κ3) is 3.47. The normalized spacial score (nSPS) is 18.0. The third-order valence-corrected chi connectivity index (χ3v) is 6.97. The van der Waals surface area contributed by atoms with Gasteiger partial charge in [-0.3, -0.25) is 14.3 Å². The van der Waals surface area contributed by atoms with Gasteiger partial charge < -0.3 is 14.4 Å². The van der Waals surface area contributed by atoms with Crippen LogP contribution in [0.25, 0.3) is 0 Å². The summed E-state index contributed by atoms with van der Waals surface area (Å²) >= 11 is 12.1. The first-order valence-corrected chi connectivity index (χ1v) is 11.2. The Morgan fingerprint density at radius 2 is 2.03 bits per heavy atom. The second kappa shape index (κ2) is 7.94. The van der Waals surface area contributed by atoms with Gasteiger partial charge in [0.25, 0.3) is 11.8 Å². The average molecular weight is 473 g/mol. The van der Waals surface area contributed by atoms with E-state index in [1.165, 1.54) is 0 Å². The molecule has 0 fully saturated rings. The maximum absolute atomic E-state index is 13.4. The van der Waals surface area contributed by atoms with Crippen molar-refractivity contribution < 1.29 is 9.59 Å². The number of fused-ring (bicyclic) bond motifs is 3. The predicted molar refractivity (Wildman–Crippen MR) is 120 cm³/mol. The Bertz CT molecular complexity index is 1230. The molecule has 0 spiro atoms. The highest BCUT2D eigenvalue weighted by Crippen LogP contribution is 2.31. The van der Waals surface area contributed by atoms with Gasteiger partial charge >= 0.3 is 0 Å². The summed E-state index contributed by atoms with van der Waals surface area (Å²) in [7, 11) is 1.91. The molecule has 0 radical (unpaired) electrons. The standard InChI is InChI=1S/C22H22Cl2N6O2/c1-13-9-18-15(11-29(13)21(31)14-3-4-16(23)17(24)10-14)20-22(32)28(7-8-30(20)26-18)12-19-25-5-6-27(19)2/h3-6,10,13H,7-9,11-12H2,1-2H3/t13-/m1/s1. The number of carbonyl (C=O) groups excluding carboxylic acids is 2. The molecule has 2 aliphatic heterocycles. The number of aryl methyl sites for hydroxylation is 1. The van der Waals surface area contributed by atoms with E-state index < -0.39 is 0 Å². The molecule has 2 aromatic heterocycles. The first-order chi connectivity index (χ1) is 15.3. The summed E-state index contributed by atoms with van der Waals surface area (Å²) in [5.74, 6) is 0.601. The molecule has 5 rings (SSSR count). The molecular weight excluding hydrogens is 451 g/mol. The highest BCUT2D eigenvalue weighted by molar-refractivity contribution is 6.42. The van der Waals surface area contributed by atoms with Gasteiger partial charge in [0, 0.05) is 49.6 Å². The van der Waals surface area contributed by atoms with Crippen molar-refractivity contribution in [1.82, 2.24) is 29.1 Å². The fraction of sp³-hybridized carbons (Fsp3) is 0.364. The van der Waals surface area contributed by atoms with Crippen molar-refractivity contribution >= 4 is 35.0 Å². The van der Waals surface area contributed by atoms with Crippen LogP contribution in [-0.4, -0.2) is 53.5 Å². The lowest BCUT2D eigenvalue weighted by molar-refractivity contribution is 0.0635. The Labute approximate surface area is 195 Å². The summed E-state index contributed by atoms with van der Waals surface area (Å²) in [6, 6.07) is 4.83. The van der Waals surface area contributed by atoms with E-state index in [0.29, 0.717) is 53.9 Å². The number of aromatic nitrogens is 4. The molecule has 4 heterocycles. The number of rotatable bonds is 3. The lowest BCUT2D eigenvalue weighted by atomic mass is 9.97. The maximum Gasteiger partial charge on any atom is 0.272 e. The van der Waals surface area contributed by atoms with Crippen molar-refractivity contribution in [3.05, 3.63) is 69.0 Å². The highest BCUT2D eigenvalue weighted by atomic mass is 35.5. The summed E-state index contributed by atoms with van der Waals surface area (Å²) in [6.45, 7) is 3.94. The minimum Gasteiger partial charge on any atom is -0.337 e. The topological polar surface area (TPSA) is 76.3 Å². The van der Waals surface area contributed by atoms with E-state index in [1.807, 2.05) is 24.7 Å². The van der Waals surface area contributed by atoms with Gasteiger partial charge in [-0.05, 0) is 25.1 Å². The monoisotopic (exact) mass is 472 g/mol. The number of nitrogens with zero attached hydrogens (tertiary/aromatic N) is 6. The van der Waals surface area contributed by atoms with Gasteiger partial charge in [0.1, 0.15) is 11.5 Å². The summed E-state index contributed by atoms with van der Waals surface area (Å²) in [4.78, 5) is 34.6. The van der Waals surface area contributed by atoms with E-state index in [1.54, 1.807) is 38.9 Å². The van der Waals surface area contributed by atoms with Crippen molar-refractivity contribution in [1.29, 1.82) is 0 Å². The largest absolute Gasteiger partial charge is 0.337 e. The van der Waals surface area contributed by atoms with Crippen LogP contribution in [-0.2, 0) is 33.1 Å². The number of amides is 2. The van der Waals surface area contributed by atoms with Crippen molar-refractivity contribution in [3.63, 3.8) is 0 Å². The maximum atomic E-state index is 13.4. The number of hydrogen-bond acceptors (Lipinski definition) is 4. The van der Waals surface area contributed by atoms with E-state index in [2.05, 4.69) is 4.98 Å². The van der Waals surface area contributed by atoms with Crippen LogP contribution in [0.1, 0.15) is 44.9 Å². The number of halogens is 2. The van der Waals surface area contributed by atoms with E-state index in [4.69, 9.17) is 28.3 Å². The molecule has 0 saturated carbocycles. The minimum absolute atomic E-state index is 0.0554. The second-order valence-corrected chi connectivity index (χ2v) is 9.11. The summed E-state index contributed by atoms with van der Waals surface area (Å²) < 4.78 is 3.70. The molecule has 1 aromatic carbocycles. The van der Waals surface area contributed by atoms with Gasteiger partial charge in [-0.1, -0.05) is 23.2 Å². The van der Waals surface area contributed by atoms with Crippen LogP contribution < -0.4 is 0 Å². The summed E-state index contributed by atoms with van der Waals surface area (Å²) in [5, 5.41) is 5.45. The smallest absolute Gasteiger partial charge is 0.272 e. The lowest BCUT2D eigenvalue weighted by Gasteiger charge is -2.34. The van der Waals surface area contributed by atoms with Crippen LogP contribution in [0.5, 0.6) is 0 Å². The van der Waals surface area contributed by atoms with E-state index in [9.17, 15) is 9.59 Å². The molecule has 0 bridgehead atoms. The Morgan fingerprint density at radius 3 is 2.75 bits per heavy atom. The highest BCUT2D eigenvalue weighted by Gasteiger charge is 2.37. The fourth-order valence-corrected chi connectivity index (χ4v) is 4.70. The van der Waals surface area contributed by atoms with E-state index in [0.717, 1.165) is 17.1 Å². The van der Waals surface area contributed by atoms with Gasteiger partial charge in [-0.2, -0.15) is 5.10 Å². The minimum atomic E-state index is -0.144. The van der Waals surface area contributed by atoms with Crippen LogP contribution in [0.3, 0.4) is 0 Å². The zero-order chi connectivity index (χ0) is 22.6. The van der Waals surface area contributed by atoms with Gasteiger partial charge in [0.15, 0.2) is 0 Å². The third-order valence-electron chi connectivity index (χ3n) is 6.24. The number of hydrogen-bond donors (Lipinski definition) is 0. The van der Waals surface area contributed by atoms with Crippen molar-refractivity contribution in [3.8, 4) is 0 Å². The zero-order valence-electron chi connectivity index (χ0n) is 17.8. The van der Waals surface area contributed by atoms with Crippen LogP contribution in [0.15, 0.2) is 30.6 Å². The Hall–Kier alpha value is -2.84. The molecule has 1 atom stereocenters. The van der Waals surface area contributed by atoms with Gasteiger partial charge in [0.05, 0.1) is 35.4 Å². The first kappa shape index (κ1) is 21.0. The molecule has 2 amide bonds. The van der Waals surface area contributed by atoms with E-state index in [-0.39, 0.29) is 17.9 Å². The average Bonchev–Trinajstić information content (AvgIpc) is 3.33. The summed E-state index contributed by atoms with van der Waals surface area (Å²) in [6.07, 6.45) is 4.18. The molecule has 32 heavy (non-hydrogen) atoms. The quantitative estimate of drug-likeness (QED) is 0.586. The van der Waals surface area contributed by atoms with Crippen molar-refractivity contribution in [2.45, 2.75) is 39.0 Å². The number of carbonyl (C=O) groups is 2. The summed E-state index contributed by atoms with van der Waals surface area (Å²) in [5.41, 5.74) is 2.75. The lowest BCUT2D eigenvalue weighted by Crippen LogP contribution is -2.44. The molecule has 10 heteroatoms. The van der Waals surface area contributed by atoms with Crippen LogP contribution >= 0.6 is 23.2 Å². The molecule has 0 aliphatic carbocycles. The van der Waals surface area contributed by atoms with Gasteiger partial charge in [-0.15, -0.1) is 0 Å². The fourth-order valence-electron chi connectivity index (χ4n) is 4.40. The molecule has 2 aliphatic rings. The Balaban J connectivity index is 1.44. The SMILES string of the molecule is C[C@@H]1Cc2nn3c(c2CN1C(=O)c1ccc(Cl)c(Cl)c1)C(=O)N(Cc1nccn1C)CC3.